The van der Waals surface area contributed by atoms with Crippen LogP contribution in [0.15, 0.2) is 30.9 Å². The molecule has 0 saturated heterocycles. The van der Waals surface area contributed by atoms with Crippen LogP contribution in [0.1, 0.15) is 29.8 Å². The van der Waals surface area contributed by atoms with Crippen LogP contribution >= 0.6 is 0 Å². The van der Waals surface area contributed by atoms with Crippen molar-refractivity contribution >= 4 is 5.78 Å². The zero-order chi connectivity index (χ0) is 13.4. The highest BCUT2D eigenvalue weighted by Gasteiger charge is 2.12. The first kappa shape index (κ1) is 14.5. The Balaban J connectivity index is 2.88. The lowest BCUT2D eigenvalue weighted by atomic mass is 10.0. The van der Waals surface area contributed by atoms with Crippen LogP contribution in [0.25, 0.3) is 0 Å². The van der Waals surface area contributed by atoms with E-state index in [2.05, 4.69) is 6.58 Å². The molecule has 0 saturated carbocycles. The van der Waals surface area contributed by atoms with Crippen molar-refractivity contribution in [3.63, 3.8) is 0 Å². The molecule has 0 radical (unpaired) electrons. The molecule has 0 N–H and O–H groups in total. The normalized spacial score (nSPS) is 10.1. The molecule has 0 aliphatic heterocycles. The standard InChI is InChI=1S/C15H20O3/c1-4-7-13-8-6-9-14(12(3)16)15(13)18-11-10-17-5-2/h4,6,8-9H,1,5,7,10-11H2,2-3H3. The Morgan fingerprint density at radius 3 is 2.78 bits per heavy atom. The van der Waals surface area contributed by atoms with Gasteiger partial charge in [0.15, 0.2) is 5.78 Å². The van der Waals surface area contributed by atoms with Crippen molar-refractivity contribution < 1.29 is 14.3 Å². The smallest absolute Gasteiger partial charge is 0.163 e. The maximum absolute atomic E-state index is 11.6. The molecule has 1 aromatic rings. The molecule has 0 spiro atoms. The minimum atomic E-state index is 0.00678. The molecular weight excluding hydrogens is 228 g/mol. The van der Waals surface area contributed by atoms with Gasteiger partial charge < -0.3 is 9.47 Å². The Morgan fingerprint density at radius 2 is 2.17 bits per heavy atom. The third-order valence-electron chi connectivity index (χ3n) is 2.52. The first-order valence-corrected chi connectivity index (χ1v) is 6.15. The monoisotopic (exact) mass is 248 g/mol. The first-order chi connectivity index (χ1) is 8.70. The predicted molar refractivity (Wildman–Crippen MR) is 72.3 cm³/mol. The van der Waals surface area contributed by atoms with Crippen molar-refractivity contribution in [2.45, 2.75) is 20.3 Å². The average Bonchev–Trinajstić information content (AvgIpc) is 2.36. The van der Waals surface area contributed by atoms with E-state index in [1.54, 1.807) is 19.1 Å². The van der Waals surface area contributed by atoms with Gasteiger partial charge in [-0.25, -0.2) is 0 Å². The fraction of sp³-hybridized carbons (Fsp3) is 0.400. The molecule has 0 aliphatic rings. The molecule has 0 unspecified atom stereocenters. The van der Waals surface area contributed by atoms with Gasteiger partial charge in [0.2, 0.25) is 0 Å². The van der Waals surface area contributed by atoms with Gasteiger partial charge in [-0.2, -0.15) is 0 Å². The summed E-state index contributed by atoms with van der Waals surface area (Å²) in [6, 6.07) is 5.60. The molecule has 98 valence electrons. The average molecular weight is 248 g/mol. The molecule has 3 nitrogen and oxygen atoms in total. The van der Waals surface area contributed by atoms with Crippen LogP contribution in [-0.2, 0) is 11.2 Å². The zero-order valence-corrected chi connectivity index (χ0v) is 11.1. The molecule has 0 bridgehead atoms. The van der Waals surface area contributed by atoms with E-state index in [0.717, 1.165) is 5.56 Å². The van der Waals surface area contributed by atoms with Crippen LogP contribution in [0.2, 0.25) is 0 Å². The van der Waals surface area contributed by atoms with Crippen LogP contribution in [0, 0.1) is 0 Å². The Labute approximate surface area is 108 Å². The Kier molecular flexibility index (Phi) is 6.15. The minimum Gasteiger partial charge on any atom is -0.490 e. The zero-order valence-electron chi connectivity index (χ0n) is 11.1. The van der Waals surface area contributed by atoms with Gasteiger partial charge in [0.25, 0.3) is 0 Å². The van der Waals surface area contributed by atoms with E-state index in [1.807, 2.05) is 19.1 Å². The highest BCUT2D eigenvalue weighted by molar-refractivity contribution is 5.97. The van der Waals surface area contributed by atoms with E-state index in [9.17, 15) is 4.79 Å². The Bertz CT molecular complexity index is 410. The SMILES string of the molecule is C=CCc1cccc(C(C)=O)c1OCCOCC. The van der Waals surface area contributed by atoms with Crippen molar-refractivity contribution in [1.29, 1.82) is 0 Å². The van der Waals surface area contributed by atoms with Gasteiger partial charge in [0, 0.05) is 6.61 Å². The molecule has 1 aromatic carbocycles. The first-order valence-electron chi connectivity index (χ1n) is 6.15. The number of rotatable bonds is 8. The summed E-state index contributed by atoms with van der Waals surface area (Å²) in [5.74, 6) is 0.664. The van der Waals surface area contributed by atoms with Crippen LogP contribution in [-0.4, -0.2) is 25.6 Å². The van der Waals surface area contributed by atoms with Gasteiger partial charge in [-0.15, -0.1) is 6.58 Å². The van der Waals surface area contributed by atoms with Crippen molar-refractivity contribution in [2.75, 3.05) is 19.8 Å². The topological polar surface area (TPSA) is 35.5 Å². The summed E-state index contributed by atoms with van der Waals surface area (Å²) < 4.78 is 10.9. The number of para-hydroxylation sites is 1. The minimum absolute atomic E-state index is 0.00678. The third-order valence-corrected chi connectivity index (χ3v) is 2.52. The largest absolute Gasteiger partial charge is 0.490 e. The number of hydrogen-bond acceptors (Lipinski definition) is 3. The number of ketones is 1. The van der Waals surface area contributed by atoms with E-state index in [-0.39, 0.29) is 5.78 Å². The lowest BCUT2D eigenvalue weighted by molar-refractivity contribution is 0.0989. The number of carbonyl (C=O) groups is 1. The maximum atomic E-state index is 11.6. The summed E-state index contributed by atoms with van der Waals surface area (Å²) in [6.07, 6.45) is 2.49. The van der Waals surface area contributed by atoms with E-state index in [0.29, 0.717) is 37.6 Å². The van der Waals surface area contributed by atoms with Crippen molar-refractivity contribution in [1.82, 2.24) is 0 Å². The fourth-order valence-electron chi connectivity index (χ4n) is 1.70. The van der Waals surface area contributed by atoms with Crippen molar-refractivity contribution in [3.8, 4) is 5.75 Å². The van der Waals surface area contributed by atoms with Gasteiger partial charge >= 0.3 is 0 Å². The van der Waals surface area contributed by atoms with Gasteiger partial charge in [0.05, 0.1) is 12.2 Å². The Morgan fingerprint density at radius 1 is 1.39 bits per heavy atom. The van der Waals surface area contributed by atoms with E-state index in [4.69, 9.17) is 9.47 Å². The molecule has 18 heavy (non-hydrogen) atoms. The molecule has 0 aliphatic carbocycles. The van der Waals surface area contributed by atoms with Gasteiger partial charge in [-0.3, -0.25) is 4.79 Å². The quantitative estimate of drug-likeness (QED) is 0.403. The predicted octanol–water partition coefficient (Wildman–Crippen LogP) is 3.03. The second-order valence-corrected chi connectivity index (χ2v) is 3.89. The summed E-state index contributed by atoms with van der Waals surface area (Å²) in [5.41, 5.74) is 1.60. The fourth-order valence-corrected chi connectivity index (χ4v) is 1.70. The second-order valence-electron chi connectivity index (χ2n) is 3.89. The van der Waals surface area contributed by atoms with Crippen molar-refractivity contribution in [3.05, 3.63) is 42.0 Å². The molecule has 3 heteroatoms. The van der Waals surface area contributed by atoms with Gasteiger partial charge in [0.1, 0.15) is 12.4 Å². The van der Waals surface area contributed by atoms with E-state index >= 15 is 0 Å². The second kappa shape index (κ2) is 7.67. The molecule has 0 fully saturated rings. The van der Waals surface area contributed by atoms with E-state index in [1.165, 1.54) is 0 Å². The summed E-state index contributed by atoms with van der Waals surface area (Å²) in [4.78, 5) is 11.6. The number of ether oxygens (including phenoxy) is 2. The van der Waals surface area contributed by atoms with Gasteiger partial charge in [-0.1, -0.05) is 18.2 Å². The molecule has 0 aromatic heterocycles. The lowest BCUT2D eigenvalue weighted by Crippen LogP contribution is -2.10. The summed E-state index contributed by atoms with van der Waals surface area (Å²) in [7, 11) is 0. The molecular formula is C15H20O3. The number of carbonyl (C=O) groups excluding carboxylic acids is 1. The van der Waals surface area contributed by atoms with E-state index < -0.39 is 0 Å². The maximum Gasteiger partial charge on any atom is 0.163 e. The molecule has 0 atom stereocenters. The summed E-state index contributed by atoms with van der Waals surface area (Å²) in [6.45, 7) is 8.83. The molecule has 0 amide bonds. The molecule has 1 rings (SSSR count). The lowest BCUT2D eigenvalue weighted by Gasteiger charge is -2.13. The third kappa shape index (κ3) is 4.00. The van der Waals surface area contributed by atoms with Gasteiger partial charge in [-0.05, 0) is 31.9 Å². The van der Waals surface area contributed by atoms with Crippen LogP contribution in [0.5, 0.6) is 5.75 Å². The highest BCUT2D eigenvalue weighted by atomic mass is 16.5. The molecule has 0 heterocycles. The Hall–Kier alpha value is -1.61. The van der Waals surface area contributed by atoms with Crippen LogP contribution in [0.3, 0.4) is 0 Å². The van der Waals surface area contributed by atoms with Crippen LogP contribution in [0.4, 0.5) is 0 Å². The summed E-state index contributed by atoms with van der Waals surface area (Å²) >= 11 is 0. The number of benzene rings is 1. The summed E-state index contributed by atoms with van der Waals surface area (Å²) in [5, 5.41) is 0. The number of hydrogen-bond donors (Lipinski definition) is 0. The number of allylic oxidation sites excluding steroid dienone is 1. The number of Topliss-reactive ketones (excluding diaryl/α,β-unsaturated/α-hetero) is 1. The highest BCUT2D eigenvalue weighted by Crippen LogP contribution is 2.25. The van der Waals surface area contributed by atoms with Crippen LogP contribution < -0.4 is 4.74 Å². The van der Waals surface area contributed by atoms with Crippen molar-refractivity contribution in [2.24, 2.45) is 0 Å².